The van der Waals surface area contributed by atoms with E-state index >= 15 is 0 Å². The van der Waals surface area contributed by atoms with E-state index in [0.717, 1.165) is 0 Å². The van der Waals surface area contributed by atoms with Gasteiger partial charge in [-0.3, -0.25) is 4.79 Å². The summed E-state index contributed by atoms with van der Waals surface area (Å²) < 4.78 is 13.3. The maximum Gasteiger partial charge on any atom is 0.232 e. The molecule has 0 radical (unpaired) electrons. The van der Waals surface area contributed by atoms with E-state index in [1.165, 1.54) is 30.6 Å². The number of carbonyl (C=O) groups excluding carboxylic acids is 1. The molecule has 15 heavy (non-hydrogen) atoms. The third-order valence-electron chi connectivity index (χ3n) is 1.90. The topological polar surface area (TPSA) is 45.8 Å². The minimum atomic E-state index is -0.649. The smallest absolute Gasteiger partial charge is 0.232 e. The van der Waals surface area contributed by atoms with E-state index in [4.69, 9.17) is 11.6 Å². The molecule has 1 aromatic carbocycles. The molecule has 5 heteroatoms. The Bertz CT molecular complexity index is 476. The molecule has 0 fully saturated rings. The van der Waals surface area contributed by atoms with E-state index in [0.29, 0.717) is 0 Å². The van der Waals surface area contributed by atoms with Crippen molar-refractivity contribution >= 4 is 17.4 Å². The van der Waals surface area contributed by atoms with Crippen LogP contribution in [0.3, 0.4) is 0 Å². The second-order valence-electron chi connectivity index (χ2n) is 2.86. The van der Waals surface area contributed by atoms with Crippen LogP contribution in [0.4, 0.5) is 4.39 Å². The van der Waals surface area contributed by atoms with Gasteiger partial charge in [-0.25, -0.2) is 9.37 Å². The van der Waals surface area contributed by atoms with Crippen molar-refractivity contribution < 1.29 is 9.18 Å². The number of ketones is 1. The molecule has 0 aliphatic heterocycles. The molecule has 0 atom stereocenters. The van der Waals surface area contributed by atoms with Gasteiger partial charge in [0.25, 0.3) is 0 Å². The lowest BCUT2D eigenvalue weighted by Gasteiger charge is -2.01. The monoisotopic (exact) mass is 224 g/mol. The fourth-order valence-corrected chi connectivity index (χ4v) is 1.47. The number of nitrogens with one attached hydrogen (secondary N) is 1. The maximum atomic E-state index is 13.3. The molecule has 2 rings (SSSR count). The lowest BCUT2D eigenvalue weighted by molar-refractivity contribution is 0.102. The fraction of sp³-hybridized carbons (Fsp3) is 0. The summed E-state index contributed by atoms with van der Waals surface area (Å²) in [4.78, 5) is 18.1. The van der Waals surface area contributed by atoms with Crippen LogP contribution >= 0.6 is 11.6 Å². The average Bonchev–Trinajstić information content (AvgIpc) is 2.69. The predicted molar refractivity (Wildman–Crippen MR) is 53.4 cm³/mol. The van der Waals surface area contributed by atoms with Gasteiger partial charge < -0.3 is 4.98 Å². The Kier molecular flexibility index (Phi) is 2.51. The van der Waals surface area contributed by atoms with E-state index in [1.807, 2.05) is 0 Å². The van der Waals surface area contributed by atoms with Gasteiger partial charge in [-0.1, -0.05) is 17.7 Å². The molecule has 0 aliphatic carbocycles. The Morgan fingerprint density at radius 2 is 2.27 bits per heavy atom. The van der Waals surface area contributed by atoms with E-state index in [-0.39, 0.29) is 16.4 Å². The SMILES string of the molecule is O=C(c1ncc[nH]1)c1c(F)cccc1Cl. The highest BCUT2D eigenvalue weighted by atomic mass is 35.5. The number of H-pyrrole nitrogens is 1. The summed E-state index contributed by atoms with van der Waals surface area (Å²) in [5.41, 5.74) is -0.158. The standard InChI is InChI=1S/C10H6ClFN2O/c11-6-2-1-3-7(12)8(6)9(15)10-13-4-5-14-10/h1-5H,(H,13,14). The molecule has 3 nitrogen and oxygen atoms in total. The summed E-state index contributed by atoms with van der Waals surface area (Å²) in [6, 6.07) is 4.08. The number of rotatable bonds is 2. The second-order valence-corrected chi connectivity index (χ2v) is 3.27. The Hall–Kier alpha value is -1.68. The minimum absolute atomic E-state index is 0.0713. The lowest BCUT2D eigenvalue weighted by atomic mass is 10.1. The van der Waals surface area contributed by atoms with Crippen LogP contribution in [-0.2, 0) is 0 Å². The van der Waals surface area contributed by atoms with Crippen molar-refractivity contribution in [2.75, 3.05) is 0 Å². The number of halogens is 2. The average molecular weight is 225 g/mol. The summed E-state index contributed by atoms with van der Waals surface area (Å²) in [7, 11) is 0. The van der Waals surface area contributed by atoms with E-state index in [2.05, 4.69) is 9.97 Å². The zero-order chi connectivity index (χ0) is 10.8. The van der Waals surface area contributed by atoms with Gasteiger partial charge in [-0.05, 0) is 12.1 Å². The molecular formula is C10H6ClFN2O. The number of carbonyl (C=O) groups is 1. The summed E-state index contributed by atoms with van der Waals surface area (Å²) in [5.74, 6) is -1.13. The Balaban J connectivity index is 2.51. The van der Waals surface area contributed by atoms with Crippen LogP contribution in [0.25, 0.3) is 0 Å². The van der Waals surface area contributed by atoms with Gasteiger partial charge in [0.15, 0.2) is 5.82 Å². The Morgan fingerprint density at radius 1 is 1.47 bits per heavy atom. The molecule has 0 aliphatic rings. The quantitative estimate of drug-likeness (QED) is 0.797. The summed E-state index contributed by atoms with van der Waals surface area (Å²) in [6.45, 7) is 0. The molecule has 0 bridgehead atoms. The number of hydrogen-bond acceptors (Lipinski definition) is 2. The van der Waals surface area contributed by atoms with Crippen LogP contribution in [0.15, 0.2) is 30.6 Å². The first-order valence-electron chi connectivity index (χ1n) is 4.18. The molecule has 0 amide bonds. The van der Waals surface area contributed by atoms with Crippen molar-refractivity contribution in [3.63, 3.8) is 0 Å². The Morgan fingerprint density at radius 3 is 2.87 bits per heavy atom. The summed E-state index contributed by atoms with van der Waals surface area (Å²) >= 11 is 5.74. The predicted octanol–water partition coefficient (Wildman–Crippen LogP) is 2.43. The van der Waals surface area contributed by atoms with E-state index in [9.17, 15) is 9.18 Å². The highest BCUT2D eigenvalue weighted by molar-refractivity contribution is 6.34. The first-order valence-corrected chi connectivity index (χ1v) is 4.56. The van der Waals surface area contributed by atoms with Crippen LogP contribution in [0, 0.1) is 5.82 Å². The zero-order valence-electron chi connectivity index (χ0n) is 7.50. The summed E-state index contributed by atoms with van der Waals surface area (Å²) in [6.07, 6.45) is 2.91. The van der Waals surface area contributed by atoms with Gasteiger partial charge in [-0.15, -0.1) is 0 Å². The van der Waals surface area contributed by atoms with E-state index in [1.54, 1.807) is 0 Å². The van der Waals surface area contributed by atoms with Crippen molar-refractivity contribution in [3.05, 3.63) is 52.8 Å². The number of nitrogens with zero attached hydrogens (tertiary/aromatic N) is 1. The van der Waals surface area contributed by atoms with Crippen LogP contribution in [0.1, 0.15) is 16.2 Å². The maximum absolute atomic E-state index is 13.3. The number of imidazole rings is 1. The number of hydrogen-bond donors (Lipinski definition) is 1. The molecule has 1 N–H and O–H groups in total. The highest BCUT2D eigenvalue weighted by Gasteiger charge is 2.18. The van der Waals surface area contributed by atoms with Crippen molar-refractivity contribution in [2.45, 2.75) is 0 Å². The summed E-state index contributed by atoms with van der Waals surface area (Å²) in [5, 5.41) is 0.0800. The number of aromatic nitrogens is 2. The van der Waals surface area contributed by atoms with Crippen molar-refractivity contribution in [3.8, 4) is 0 Å². The van der Waals surface area contributed by atoms with Crippen LogP contribution in [0.5, 0.6) is 0 Å². The highest BCUT2D eigenvalue weighted by Crippen LogP contribution is 2.20. The van der Waals surface area contributed by atoms with E-state index < -0.39 is 11.6 Å². The minimum Gasteiger partial charge on any atom is -0.342 e. The van der Waals surface area contributed by atoms with Gasteiger partial charge in [0, 0.05) is 12.4 Å². The number of benzene rings is 1. The van der Waals surface area contributed by atoms with Gasteiger partial charge in [0.05, 0.1) is 10.6 Å². The first-order chi connectivity index (χ1) is 7.20. The molecular weight excluding hydrogens is 219 g/mol. The van der Waals surface area contributed by atoms with Crippen LogP contribution in [0.2, 0.25) is 5.02 Å². The molecule has 0 saturated carbocycles. The molecule has 1 aromatic heterocycles. The third-order valence-corrected chi connectivity index (χ3v) is 2.22. The fourth-order valence-electron chi connectivity index (χ4n) is 1.22. The van der Waals surface area contributed by atoms with Crippen molar-refractivity contribution in [2.24, 2.45) is 0 Å². The molecule has 2 aromatic rings. The number of aromatic amines is 1. The first kappa shape index (κ1) is 9.86. The molecule has 0 saturated heterocycles. The molecule has 76 valence electrons. The van der Waals surface area contributed by atoms with Crippen molar-refractivity contribution in [1.82, 2.24) is 9.97 Å². The largest absolute Gasteiger partial charge is 0.342 e. The van der Waals surface area contributed by atoms with Crippen LogP contribution < -0.4 is 0 Å². The molecule has 0 spiro atoms. The van der Waals surface area contributed by atoms with Gasteiger partial charge >= 0.3 is 0 Å². The second kappa shape index (κ2) is 3.82. The van der Waals surface area contributed by atoms with Gasteiger partial charge in [-0.2, -0.15) is 0 Å². The Labute approximate surface area is 89.9 Å². The molecule has 0 unspecified atom stereocenters. The van der Waals surface area contributed by atoms with Crippen LogP contribution in [-0.4, -0.2) is 15.8 Å². The van der Waals surface area contributed by atoms with Crippen molar-refractivity contribution in [1.29, 1.82) is 0 Å². The van der Waals surface area contributed by atoms with Gasteiger partial charge in [0.1, 0.15) is 5.82 Å². The normalized spacial score (nSPS) is 10.3. The van der Waals surface area contributed by atoms with Gasteiger partial charge in [0.2, 0.25) is 5.78 Å². The lowest BCUT2D eigenvalue weighted by Crippen LogP contribution is -2.07. The third kappa shape index (κ3) is 1.76. The zero-order valence-corrected chi connectivity index (χ0v) is 8.25. The molecule has 1 heterocycles.